The molecule has 4 heteroatoms. The molecule has 2 aromatic carbocycles. The van der Waals surface area contributed by atoms with E-state index in [1.807, 2.05) is 60.7 Å². The quantitative estimate of drug-likeness (QED) is 0.598. The first-order valence-electron chi connectivity index (χ1n) is 4.92. The molecule has 0 saturated carbocycles. The molecule has 1 unspecified atom stereocenters. The molecule has 0 saturated heterocycles. The summed E-state index contributed by atoms with van der Waals surface area (Å²) >= 11 is 0. The number of anilines is 2. The third kappa shape index (κ3) is 2.51. The van der Waals surface area contributed by atoms with E-state index < -0.39 is 8.69 Å². The van der Waals surface area contributed by atoms with Gasteiger partial charge in [-0.25, -0.2) is 9.69 Å². The summed E-state index contributed by atoms with van der Waals surface area (Å²) in [6, 6.07) is 19.1. The number of para-hydroxylation sites is 2. The summed E-state index contributed by atoms with van der Waals surface area (Å²) in [6.07, 6.45) is 0. The van der Waals surface area contributed by atoms with E-state index in [-0.39, 0.29) is 0 Å². The van der Waals surface area contributed by atoms with Crippen LogP contribution in [-0.2, 0) is 9.19 Å². The Balaban J connectivity index is 2.35. The molecule has 2 aromatic rings. The van der Waals surface area contributed by atoms with Crippen molar-refractivity contribution in [1.82, 2.24) is 0 Å². The second-order valence-electron chi connectivity index (χ2n) is 3.17. The van der Waals surface area contributed by atoms with E-state index in [2.05, 4.69) is 0 Å². The van der Waals surface area contributed by atoms with Gasteiger partial charge in [-0.1, -0.05) is 36.4 Å². The predicted molar refractivity (Wildman–Crippen MR) is 66.5 cm³/mol. The molecule has 0 radical (unpaired) electrons. The summed E-state index contributed by atoms with van der Waals surface area (Å²) in [6.45, 7) is 0. The van der Waals surface area contributed by atoms with Crippen molar-refractivity contribution < 1.29 is 9.19 Å². The summed E-state index contributed by atoms with van der Waals surface area (Å²) in [5, 5.41) is 1.57. The van der Waals surface area contributed by atoms with Crippen LogP contribution in [0.1, 0.15) is 0 Å². The Hall–Kier alpha value is -1.57. The highest BCUT2D eigenvalue weighted by molar-refractivity contribution is 7.17. The molecular formula is C12H12NO2P. The van der Waals surface area contributed by atoms with Crippen molar-refractivity contribution in [2.45, 2.75) is 0 Å². The Morgan fingerprint density at radius 1 is 0.812 bits per heavy atom. The fourth-order valence-electron chi connectivity index (χ4n) is 1.44. The lowest BCUT2D eigenvalue weighted by molar-refractivity contribution is 0.349. The molecule has 0 spiro atoms. The van der Waals surface area contributed by atoms with Gasteiger partial charge in [0.1, 0.15) is 0 Å². The molecule has 0 aromatic heterocycles. The van der Waals surface area contributed by atoms with Gasteiger partial charge in [0.05, 0.1) is 11.4 Å². The number of hydrogen-bond acceptors (Lipinski definition) is 3. The lowest BCUT2D eigenvalue weighted by Gasteiger charge is -2.20. The van der Waals surface area contributed by atoms with Crippen LogP contribution in [0, 0.1) is 0 Å². The van der Waals surface area contributed by atoms with Crippen LogP contribution in [0.4, 0.5) is 11.4 Å². The number of nitrogens with zero attached hydrogens (tertiary/aromatic N) is 1. The molecule has 0 amide bonds. The third-order valence-corrected chi connectivity index (χ3v) is 2.43. The van der Waals surface area contributed by atoms with Gasteiger partial charge in [-0.3, -0.25) is 4.57 Å². The first-order chi connectivity index (χ1) is 7.92. The Labute approximate surface area is 95.5 Å². The van der Waals surface area contributed by atoms with Crippen LogP contribution in [-0.4, -0.2) is 0 Å². The van der Waals surface area contributed by atoms with Crippen LogP contribution < -0.4 is 5.06 Å². The molecule has 1 atom stereocenters. The second kappa shape index (κ2) is 5.50. The van der Waals surface area contributed by atoms with Crippen molar-refractivity contribution in [2.24, 2.45) is 0 Å². The Morgan fingerprint density at radius 3 is 1.62 bits per heavy atom. The van der Waals surface area contributed by atoms with Gasteiger partial charge in [-0.05, 0) is 24.3 Å². The lowest BCUT2D eigenvalue weighted by Crippen LogP contribution is -2.11. The Bertz CT molecular complexity index is 408. The van der Waals surface area contributed by atoms with Crippen molar-refractivity contribution in [3.05, 3.63) is 60.7 Å². The summed E-state index contributed by atoms with van der Waals surface area (Å²) < 4.78 is 15.9. The van der Waals surface area contributed by atoms with E-state index in [0.29, 0.717) is 0 Å². The molecule has 0 aliphatic rings. The van der Waals surface area contributed by atoms with E-state index in [0.717, 1.165) is 11.4 Å². The maximum atomic E-state index is 10.7. The number of rotatable bonds is 4. The first-order valence-corrected chi connectivity index (χ1v) is 5.87. The van der Waals surface area contributed by atoms with Crippen molar-refractivity contribution in [1.29, 1.82) is 0 Å². The monoisotopic (exact) mass is 233 g/mol. The molecule has 0 fully saturated rings. The predicted octanol–water partition coefficient (Wildman–Crippen LogP) is 3.43. The molecule has 0 aliphatic heterocycles. The van der Waals surface area contributed by atoms with E-state index in [1.165, 1.54) is 0 Å². The second-order valence-corrected chi connectivity index (χ2v) is 3.57. The zero-order valence-corrected chi connectivity index (χ0v) is 9.77. The Kier molecular flexibility index (Phi) is 3.76. The first kappa shape index (κ1) is 10.9. The van der Waals surface area contributed by atoms with Crippen molar-refractivity contribution in [3.63, 3.8) is 0 Å². The van der Waals surface area contributed by atoms with Gasteiger partial charge in [0.15, 0.2) is 0 Å². The van der Waals surface area contributed by atoms with Crippen LogP contribution in [0.2, 0.25) is 0 Å². The third-order valence-electron chi connectivity index (χ3n) is 2.13. The standard InChI is InChI=1S/C12H12NO2P/c14-16-15-13(11-7-3-1-4-8-11)12-9-5-2-6-10-12/h1-10H,16H2. The molecule has 0 heterocycles. The van der Waals surface area contributed by atoms with Gasteiger partial charge in [-0.2, -0.15) is 0 Å². The highest BCUT2D eigenvalue weighted by atomic mass is 31.1. The average molecular weight is 233 g/mol. The molecule has 82 valence electrons. The van der Waals surface area contributed by atoms with Crippen LogP contribution in [0.5, 0.6) is 0 Å². The van der Waals surface area contributed by atoms with Gasteiger partial charge >= 0.3 is 0 Å². The molecule has 3 nitrogen and oxygen atoms in total. The van der Waals surface area contributed by atoms with Crippen LogP contribution in [0.15, 0.2) is 60.7 Å². The molecule has 0 bridgehead atoms. The van der Waals surface area contributed by atoms with Crippen LogP contribution in [0.3, 0.4) is 0 Å². The smallest absolute Gasteiger partial charge is 0.206 e. The van der Waals surface area contributed by atoms with Gasteiger partial charge in [0.25, 0.3) is 0 Å². The van der Waals surface area contributed by atoms with Gasteiger partial charge < -0.3 is 0 Å². The van der Waals surface area contributed by atoms with Gasteiger partial charge in [0, 0.05) is 0 Å². The highest BCUT2D eigenvalue weighted by Crippen LogP contribution is 2.27. The molecular weight excluding hydrogens is 221 g/mol. The molecule has 0 aliphatic carbocycles. The van der Waals surface area contributed by atoms with E-state index in [4.69, 9.17) is 4.62 Å². The average Bonchev–Trinajstić information content (AvgIpc) is 2.38. The zero-order chi connectivity index (χ0) is 11.2. The van der Waals surface area contributed by atoms with Crippen LogP contribution >= 0.6 is 8.69 Å². The summed E-state index contributed by atoms with van der Waals surface area (Å²) in [5.74, 6) is 0. The SMILES string of the molecule is O=[PH2]ON(c1ccccc1)c1ccccc1. The van der Waals surface area contributed by atoms with Crippen molar-refractivity contribution in [2.75, 3.05) is 5.06 Å². The van der Waals surface area contributed by atoms with E-state index in [9.17, 15) is 4.57 Å². The largest absolute Gasteiger partial charge is 0.297 e. The summed E-state index contributed by atoms with van der Waals surface area (Å²) in [4.78, 5) is 0. The zero-order valence-electron chi connectivity index (χ0n) is 8.61. The van der Waals surface area contributed by atoms with Gasteiger partial charge in [0.2, 0.25) is 8.69 Å². The lowest BCUT2D eigenvalue weighted by atomic mass is 10.2. The molecule has 2 rings (SSSR count). The van der Waals surface area contributed by atoms with E-state index in [1.54, 1.807) is 5.06 Å². The fraction of sp³-hybridized carbons (Fsp3) is 0. The normalized spacial score (nSPS) is 10.8. The fourth-order valence-corrected chi connectivity index (χ4v) is 1.77. The highest BCUT2D eigenvalue weighted by Gasteiger charge is 2.07. The minimum Gasteiger partial charge on any atom is -0.297 e. The minimum absolute atomic E-state index is 0.858. The van der Waals surface area contributed by atoms with Gasteiger partial charge in [-0.15, -0.1) is 0 Å². The summed E-state index contributed by atoms with van der Waals surface area (Å²) in [5.41, 5.74) is 1.72. The molecule has 0 N–H and O–H groups in total. The van der Waals surface area contributed by atoms with E-state index >= 15 is 0 Å². The topological polar surface area (TPSA) is 29.5 Å². The van der Waals surface area contributed by atoms with Crippen molar-refractivity contribution in [3.8, 4) is 0 Å². The maximum Gasteiger partial charge on any atom is 0.206 e. The molecule has 16 heavy (non-hydrogen) atoms. The maximum absolute atomic E-state index is 10.7. The summed E-state index contributed by atoms with van der Waals surface area (Å²) in [7, 11) is -1.29. The Morgan fingerprint density at radius 2 is 1.25 bits per heavy atom. The minimum atomic E-state index is -1.29. The van der Waals surface area contributed by atoms with Crippen LogP contribution in [0.25, 0.3) is 0 Å². The van der Waals surface area contributed by atoms with Crippen molar-refractivity contribution >= 4 is 20.1 Å². The number of benzene rings is 2. The number of hydrogen-bond donors (Lipinski definition) is 0.